The van der Waals surface area contributed by atoms with Gasteiger partial charge in [-0.05, 0) is 43.3 Å². The molecule has 0 aliphatic rings. The van der Waals surface area contributed by atoms with Crippen molar-refractivity contribution in [2.24, 2.45) is 0 Å². The molecule has 0 amide bonds. The van der Waals surface area contributed by atoms with E-state index in [9.17, 15) is 10.2 Å². The largest absolute Gasteiger partial charge is 0.507 e. The smallest absolute Gasteiger partial charge is 0.124 e. The van der Waals surface area contributed by atoms with Gasteiger partial charge in [0, 0.05) is 17.3 Å². The number of phenols is 2. The Morgan fingerprint density at radius 2 is 1.76 bits per heavy atom. The van der Waals surface area contributed by atoms with Crippen molar-refractivity contribution in [2.45, 2.75) is 13.0 Å². The molecule has 21 heavy (non-hydrogen) atoms. The lowest BCUT2D eigenvalue weighted by molar-refractivity contribution is 0.434. The lowest BCUT2D eigenvalue weighted by atomic mass is 10.1. The number of hydrogen-bond acceptors (Lipinski definition) is 4. The van der Waals surface area contributed by atoms with Crippen molar-refractivity contribution in [3.8, 4) is 11.5 Å². The predicted octanol–water partition coefficient (Wildman–Crippen LogP) is 3.82. The minimum absolute atomic E-state index is 0.0810. The summed E-state index contributed by atoms with van der Waals surface area (Å²) in [6.07, 6.45) is 1.76. The molecule has 3 N–H and O–H groups in total. The minimum atomic E-state index is -0.222. The van der Waals surface area contributed by atoms with Gasteiger partial charge in [0.1, 0.15) is 11.5 Å². The van der Waals surface area contributed by atoms with Crippen LogP contribution in [0.2, 0.25) is 0 Å². The third-order valence-electron chi connectivity index (χ3n) is 3.48. The molecule has 0 saturated carbocycles. The molecule has 1 heterocycles. The third kappa shape index (κ3) is 2.60. The van der Waals surface area contributed by atoms with Crippen LogP contribution in [0.15, 0.2) is 54.7 Å². The summed E-state index contributed by atoms with van der Waals surface area (Å²) in [5, 5.41) is 24.1. The fraction of sp³-hybridized carbons (Fsp3) is 0.118. The summed E-state index contributed by atoms with van der Waals surface area (Å²) in [6, 6.07) is 14.3. The highest BCUT2D eigenvalue weighted by molar-refractivity contribution is 5.82. The van der Waals surface area contributed by atoms with Crippen LogP contribution in [0.5, 0.6) is 11.5 Å². The van der Waals surface area contributed by atoms with E-state index < -0.39 is 0 Å². The Hall–Kier alpha value is -2.75. The number of anilines is 1. The lowest BCUT2D eigenvalue weighted by Crippen LogP contribution is -2.07. The van der Waals surface area contributed by atoms with Gasteiger partial charge in [-0.25, -0.2) is 0 Å². The molecule has 0 aliphatic carbocycles. The number of aromatic hydroxyl groups is 2. The summed E-state index contributed by atoms with van der Waals surface area (Å²) in [4.78, 5) is 4.28. The molecule has 4 heteroatoms. The van der Waals surface area contributed by atoms with Crippen molar-refractivity contribution >= 4 is 16.6 Å². The SMILES string of the molecule is CC(Nc1ccc2ncccc2c1)c1c(O)cccc1O. The van der Waals surface area contributed by atoms with E-state index in [0.717, 1.165) is 16.6 Å². The van der Waals surface area contributed by atoms with Crippen molar-refractivity contribution < 1.29 is 10.2 Å². The van der Waals surface area contributed by atoms with Crippen molar-refractivity contribution in [3.63, 3.8) is 0 Å². The Morgan fingerprint density at radius 3 is 2.52 bits per heavy atom. The van der Waals surface area contributed by atoms with Gasteiger partial charge in [0.2, 0.25) is 0 Å². The first kappa shape index (κ1) is 13.2. The molecule has 0 aliphatic heterocycles. The molecule has 0 fully saturated rings. The molecule has 0 bridgehead atoms. The summed E-state index contributed by atoms with van der Waals surface area (Å²) in [7, 11) is 0. The van der Waals surface area contributed by atoms with Gasteiger partial charge in [0.25, 0.3) is 0 Å². The average molecular weight is 280 g/mol. The van der Waals surface area contributed by atoms with Crippen LogP contribution in [-0.4, -0.2) is 15.2 Å². The maximum absolute atomic E-state index is 9.90. The van der Waals surface area contributed by atoms with E-state index in [1.807, 2.05) is 37.3 Å². The zero-order valence-electron chi connectivity index (χ0n) is 11.6. The zero-order chi connectivity index (χ0) is 14.8. The van der Waals surface area contributed by atoms with Crippen LogP contribution >= 0.6 is 0 Å². The molecule has 0 radical (unpaired) electrons. The van der Waals surface area contributed by atoms with E-state index in [1.165, 1.54) is 0 Å². The van der Waals surface area contributed by atoms with Crippen LogP contribution in [0.4, 0.5) is 5.69 Å². The molecule has 3 aromatic rings. The van der Waals surface area contributed by atoms with Gasteiger partial charge in [-0.3, -0.25) is 4.98 Å². The monoisotopic (exact) mass is 280 g/mol. The van der Waals surface area contributed by atoms with E-state index in [2.05, 4.69) is 10.3 Å². The Kier molecular flexibility index (Phi) is 3.36. The van der Waals surface area contributed by atoms with E-state index in [4.69, 9.17) is 0 Å². The molecule has 1 unspecified atom stereocenters. The second-order valence-electron chi connectivity index (χ2n) is 4.99. The standard InChI is InChI=1S/C17H16N2O2/c1-11(17-15(20)5-2-6-16(17)21)19-13-7-8-14-12(10-13)4-3-9-18-14/h2-11,19-21H,1H3. The van der Waals surface area contributed by atoms with Gasteiger partial charge in [0.05, 0.1) is 17.1 Å². The van der Waals surface area contributed by atoms with Gasteiger partial charge in [0.15, 0.2) is 0 Å². The van der Waals surface area contributed by atoms with E-state index in [1.54, 1.807) is 24.4 Å². The van der Waals surface area contributed by atoms with Crippen LogP contribution in [-0.2, 0) is 0 Å². The summed E-state index contributed by atoms with van der Waals surface area (Å²) >= 11 is 0. The highest BCUT2D eigenvalue weighted by Gasteiger charge is 2.14. The van der Waals surface area contributed by atoms with Crippen molar-refractivity contribution in [1.82, 2.24) is 4.98 Å². The number of phenolic OH excluding ortho intramolecular Hbond substituents is 2. The molecule has 0 spiro atoms. The first-order valence-electron chi connectivity index (χ1n) is 6.77. The first-order chi connectivity index (χ1) is 10.1. The summed E-state index contributed by atoms with van der Waals surface area (Å²) in [5.41, 5.74) is 2.33. The Bertz CT molecular complexity index is 766. The van der Waals surface area contributed by atoms with Gasteiger partial charge >= 0.3 is 0 Å². The first-order valence-corrected chi connectivity index (χ1v) is 6.77. The van der Waals surface area contributed by atoms with Gasteiger partial charge < -0.3 is 15.5 Å². The van der Waals surface area contributed by atoms with Crippen LogP contribution in [0, 0.1) is 0 Å². The maximum Gasteiger partial charge on any atom is 0.124 e. The quantitative estimate of drug-likeness (QED) is 0.682. The third-order valence-corrected chi connectivity index (χ3v) is 3.48. The minimum Gasteiger partial charge on any atom is -0.507 e. The normalized spacial score (nSPS) is 12.2. The van der Waals surface area contributed by atoms with Gasteiger partial charge in [-0.15, -0.1) is 0 Å². The van der Waals surface area contributed by atoms with Crippen LogP contribution in [0.1, 0.15) is 18.5 Å². The van der Waals surface area contributed by atoms with Crippen molar-refractivity contribution in [3.05, 3.63) is 60.3 Å². The molecule has 3 rings (SSSR count). The van der Waals surface area contributed by atoms with Gasteiger partial charge in [-0.2, -0.15) is 0 Å². The van der Waals surface area contributed by atoms with E-state index in [-0.39, 0.29) is 17.5 Å². The molecular formula is C17H16N2O2. The van der Waals surface area contributed by atoms with Crippen molar-refractivity contribution in [1.29, 1.82) is 0 Å². The molecule has 1 aromatic heterocycles. The molecule has 1 atom stereocenters. The van der Waals surface area contributed by atoms with E-state index >= 15 is 0 Å². The van der Waals surface area contributed by atoms with E-state index in [0.29, 0.717) is 5.56 Å². The Labute approximate surface area is 122 Å². The lowest BCUT2D eigenvalue weighted by Gasteiger charge is -2.18. The molecule has 2 aromatic carbocycles. The Morgan fingerprint density at radius 1 is 1.00 bits per heavy atom. The average Bonchev–Trinajstić information content (AvgIpc) is 2.47. The van der Waals surface area contributed by atoms with Crippen LogP contribution < -0.4 is 5.32 Å². The topological polar surface area (TPSA) is 65.4 Å². The number of benzene rings is 2. The molecule has 4 nitrogen and oxygen atoms in total. The second-order valence-corrected chi connectivity index (χ2v) is 4.99. The second kappa shape index (κ2) is 5.32. The number of nitrogens with zero attached hydrogens (tertiary/aromatic N) is 1. The highest BCUT2D eigenvalue weighted by Crippen LogP contribution is 2.34. The molecule has 0 saturated heterocycles. The highest BCUT2D eigenvalue weighted by atomic mass is 16.3. The summed E-state index contributed by atoms with van der Waals surface area (Å²) in [5.74, 6) is 0.162. The van der Waals surface area contributed by atoms with Crippen LogP contribution in [0.3, 0.4) is 0 Å². The van der Waals surface area contributed by atoms with Crippen LogP contribution in [0.25, 0.3) is 10.9 Å². The fourth-order valence-electron chi connectivity index (χ4n) is 2.47. The molecular weight excluding hydrogens is 264 g/mol. The zero-order valence-corrected chi connectivity index (χ0v) is 11.6. The number of nitrogens with one attached hydrogen (secondary N) is 1. The number of hydrogen-bond donors (Lipinski definition) is 3. The number of aromatic nitrogens is 1. The predicted molar refractivity (Wildman–Crippen MR) is 83.6 cm³/mol. The number of rotatable bonds is 3. The number of fused-ring (bicyclic) bond motifs is 1. The van der Waals surface area contributed by atoms with Crippen molar-refractivity contribution in [2.75, 3.05) is 5.32 Å². The fourth-order valence-corrected chi connectivity index (χ4v) is 2.47. The summed E-state index contributed by atoms with van der Waals surface area (Å²) < 4.78 is 0. The number of pyridine rings is 1. The maximum atomic E-state index is 9.90. The molecule has 106 valence electrons. The summed E-state index contributed by atoms with van der Waals surface area (Å²) in [6.45, 7) is 1.89. The Balaban J connectivity index is 1.91. The van der Waals surface area contributed by atoms with Gasteiger partial charge in [-0.1, -0.05) is 12.1 Å².